The average molecular weight is 294 g/mol. The second-order valence-corrected chi connectivity index (χ2v) is 5.86. The zero-order valence-corrected chi connectivity index (χ0v) is 12.3. The Kier molecular flexibility index (Phi) is 4.21. The third-order valence-electron chi connectivity index (χ3n) is 4.27. The number of nitrogens with zero attached hydrogens (tertiary/aromatic N) is 3. The first-order valence-corrected chi connectivity index (χ1v) is 7.62. The van der Waals surface area contributed by atoms with Crippen LogP contribution in [-0.4, -0.2) is 52.8 Å². The summed E-state index contributed by atoms with van der Waals surface area (Å²) < 4.78 is 10.9. The Morgan fingerprint density at radius 3 is 2.95 bits per heavy atom. The number of ether oxygens (including phenoxy) is 1. The second kappa shape index (κ2) is 6.11. The monoisotopic (exact) mass is 294 g/mol. The van der Waals surface area contributed by atoms with Crippen molar-refractivity contribution in [3.8, 4) is 0 Å². The van der Waals surface area contributed by atoms with Crippen LogP contribution in [0.4, 0.5) is 0 Å². The number of rotatable bonds is 3. The molecule has 0 saturated carbocycles. The Morgan fingerprint density at radius 1 is 1.43 bits per heavy atom. The highest BCUT2D eigenvalue weighted by atomic mass is 16.5. The van der Waals surface area contributed by atoms with Crippen molar-refractivity contribution in [1.82, 2.24) is 15.0 Å². The first-order valence-electron chi connectivity index (χ1n) is 7.62. The Bertz CT molecular complexity index is 504. The van der Waals surface area contributed by atoms with Crippen LogP contribution >= 0.6 is 0 Å². The van der Waals surface area contributed by atoms with Gasteiger partial charge in [-0.05, 0) is 32.6 Å². The van der Waals surface area contributed by atoms with E-state index in [1.165, 1.54) is 0 Å². The third-order valence-corrected chi connectivity index (χ3v) is 4.27. The van der Waals surface area contributed by atoms with Gasteiger partial charge in [0.15, 0.2) is 5.82 Å². The number of aromatic nitrogens is 2. The number of amides is 1. The predicted molar refractivity (Wildman–Crippen MR) is 74.5 cm³/mol. The Balaban J connectivity index is 1.62. The molecular weight excluding hydrogens is 272 g/mol. The number of likely N-dealkylation sites (tertiary alicyclic amines) is 1. The van der Waals surface area contributed by atoms with Crippen LogP contribution in [0.2, 0.25) is 0 Å². The first kappa shape index (κ1) is 14.5. The van der Waals surface area contributed by atoms with Gasteiger partial charge in [0.25, 0.3) is 5.91 Å². The second-order valence-electron chi connectivity index (χ2n) is 5.86. The Hall–Kier alpha value is -1.47. The van der Waals surface area contributed by atoms with Crippen molar-refractivity contribution in [3.63, 3.8) is 0 Å². The number of piperidine rings is 1. The summed E-state index contributed by atoms with van der Waals surface area (Å²) in [6.07, 6.45) is 3.25. The van der Waals surface area contributed by atoms with Crippen molar-refractivity contribution in [3.05, 3.63) is 11.7 Å². The number of carbonyl (C=O) groups is 1. The lowest BCUT2D eigenvalue weighted by Gasteiger charge is -2.32. The molecule has 2 fully saturated rings. The van der Waals surface area contributed by atoms with E-state index in [2.05, 4.69) is 10.1 Å². The molecule has 0 aromatic carbocycles. The van der Waals surface area contributed by atoms with E-state index in [1.54, 1.807) is 6.92 Å². The van der Waals surface area contributed by atoms with Gasteiger partial charge >= 0.3 is 0 Å². The van der Waals surface area contributed by atoms with Gasteiger partial charge in [0.2, 0.25) is 5.89 Å². The highest BCUT2D eigenvalue weighted by Crippen LogP contribution is 2.28. The first-order chi connectivity index (χ1) is 10.2. The minimum Gasteiger partial charge on any atom is -0.364 e. The molecule has 0 radical (unpaired) electrons. The Morgan fingerprint density at radius 2 is 2.29 bits per heavy atom. The number of aryl methyl sites for hydroxylation is 1. The smallest absolute Gasteiger partial charge is 0.251 e. The summed E-state index contributed by atoms with van der Waals surface area (Å²) in [5.74, 6) is 1.48. The Labute approximate surface area is 123 Å². The lowest BCUT2D eigenvalue weighted by Crippen LogP contribution is -2.44. The molecule has 1 aromatic heterocycles. The minimum atomic E-state index is -0.332. The fraction of sp³-hybridized carbons (Fsp3) is 0.786. The maximum absolute atomic E-state index is 12.5. The zero-order chi connectivity index (χ0) is 14.8. The summed E-state index contributed by atoms with van der Waals surface area (Å²) in [6, 6.07) is 0. The number of carbonyl (C=O) groups excluding carboxylic acids is 1. The molecule has 3 atom stereocenters. The predicted octanol–water partition coefficient (Wildman–Crippen LogP) is 0.590. The molecular formula is C14H22N4O3. The number of hydrogen-bond donors (Lipinski definition) is 1. The maximum Gasteiger partial charge on any atom is 0.251 e. The quantitative estimate of drug-likeness (QED) is 0.876. The lowest BCUT2D eigenvalue weighted by molar-refractivity contribution is -0.144. The molecule has 21 heavy (non-hydrogen) atoms. The van der Waals surface area contributed by atoms with Crippen molar-refractivity contribution in [2.45, 2.75) is 50.7 Å². The van der Waals surface area contributed by atoms with Crippen molar-refractivity contribution in [2.24, 2.45) is 5.73 Å². The molecule has 7 nitrogen and oxygen atoms in total. The van der Waals surface area contributed by atoms with Crippen LogP contribution < -0.4 is 5.73 Å². The molecule has 0 spiro atoms. The van der Waals surface area contributed by atoms with E-state index in [1.807, 2.05) is 4.90 Å². The van der Waals surface area contributed by atoms with Crippen LogP contribution in [0.15, 0.2) is 4.52 Å². The van der Waals surface area contributed by atoms with Gasteiger partial charge in [0.1, 0.15) is 6.10 Å². The van der Waals surface area contributed by atoms with Gasteiger partial charge in [0.05, 0.1) is 12.0 Å². The third kappa shape index (κ3) is 3.08. The van der Waals surface area contributed by atoms with Crippen molar-refractivity contribution in [1.29, 1.82) is 0 Å². The van der Waals surface area contributed by atoms with E-state index in [0.29, 0.717) is 24.8 Å². The SMILES string of the molecule is Cc1noc(C2CCCN(C(=O)[C@@H]3CC[C@H](CN)O3)C2)n1. The van der Waals surface area contributed by atoms with E-state index in [9.17, 15) is 4.79 Å². The van der Waals surface area contributed by atoms with Crippen molar-refractivity contribution < 1.29 is 14.1 Å². The van der Waals surface area contributed by atoms with Crippen LogP contribution in [0.1, 0.15) is 43.3 Å². The van der Waals surface area contributed by atoms with Gasteiger partial charge in [-0.3, -0.25) is 4.79 Å². The highest BCUT2D eigenvalue weighted by molar-refractivity contribution is 5.81. The highest BCUT2D eigenvalue weighted by Gasteiger charge is 2.36. The summed E-state index contributed by atoms with van der Waals surface area (Å²) in [5.41, 5.74) is 5.60. The van der Waals surface area contributed by atoms with E-state index < -0.39 is 0 Å². The molecule has 7 heteroatoms. The maximum atomic E-state index is 12.5. The molecule has 2 aliphatic heterocycles. The molecule has 2 aliphatic rings. The van der Waals surface area contributed by atoms with Crippen molar-refractivity contribution >= 4 is 5.91 Å². The standard InChI is InChI=1S/C14H22N4O3/c1-9-16-13(21-17-9)10-3-2-6-18(8-10)14(19)12-5-4-11(7-15)20-12/h10-12H,2-8,15H2,1H3/t10?,11-,12+/m1/s1. The van der Waals surface area contributed by atoms with E-state index in [-0.39, 0.29) is 24.0 Å². The molecule has 2 saturated heterocycles. The van der Waals surface area contributed by atoms with Crippen LogP contribution in [0.5, 0.6) is 0 Å². The molecule has 3 heterocycles. The molecule has 3 rings (SSSR count). The van der Waals surface area contributed by atoms with Gasteiger partial charge in [0, 0.05) is 19.6 Å². The topological polar surface area (TPSA) is 94.5 Å². The zero-order valence-electron chi connectivity index (χ0n) is 12.3. The van der Waals surface area contributed by atoms with Gasteiger partial charge in [-0.2, -0.15) is 4.98 Å². The van der Waals surface area contributed by atoms with Crippen LogP contribution in [0.25, 0.3) is 0 Å². The minimum absolute atomic E-state index is 0.0260. The van der Waals surface area contributed by atoms with E-state index in [0.717, 1.165) is 32.2 Å². The van der Waals surface area contributed by atoms with E-state index >= 15 is 0 Å². The van der Waals surface area contributed by atoms with Crippen LogP contribution in [0, 0.1) is 6.92 Å². The van der Waals surface area contributed by atoms with Crippen molar-refractivity contribution in [2.75, 3.05) is 19.6 Å². The summed E-state index contributed by atoms with van der Waals surface area (Å²) in [4.78, 5) is 18.7. The van der Waals surface area contributed by atoms with Crippen LogP contribution in [0.3, 0.4) is 0 Å². The lowest BCUT2D eigenvalue weighted by atomic mass is 9.97. The molecule has 1 unspecified atom stereocenters. The summed E-state index contributed by atoms with van der Waals surface area (Å²) in [6.45, 7) is 3.69. The van der Waals surface area contributed by atoms with Crippen LogP contribution in [-0.2, 0) is 9.53 Å². The molecule has 116 valence electrons. The van der Waals surface area contributed by atoms with Gasteiger partial charge in [-0.15, -0.1) is 0 Å². The summed E-state index contributed by atoms with van der Waals surface area (Å²) in [7, 11) is 0. The fourth-order valence-corrected chi connectivity index (χ4v) is 3.12. The van der Waals surface area contributed by atoms with E-state index in [4.69, 9.17) is 15.0 Å². The van der Waals surface area contributed by atoms with Gasteiger partial charge in [-0.1, -0.05) is 5.16 Å². The van der Waals surface area contributed by atoms with Gasteiger partial charge < -0.3 is 19.9 Å². The fourth-order valence-electron chi connectivity index (χ4n) is 3.12. The molecule has 1 aromatic rings. The van der Waals surface area contributed by atoms with Gasteiger partial charge in [-0.25, -0.2) is 0 Å². The molecule has 0 bridgehead atoms. The molecule has 2 N–H and O–H groups in total. The summed E-state index contributed by atoms with van der Waals surface area (Å²) >= 11 is 0. The average Bonchev–Trinajstić information content (AvgIpc) is 3.15. The largest absolute Gasteiger partial charge is 0.364 e. The summed E-state index contributed by atoms with van der Waals surface area (Å²) in [5, 5.41) is 3.83. The molecule has 0 aliphatic carbocycles. The number of hydrogen-bond acceptors (Lipinski definition) is 6. The molecule has 1 amide bonds. The normalized spacial score (nSPS) is 29.8. The number of nitrogens with two attached hydrogens (primary N) is 1.